The van der Waals surface area contributed by atoms with Crippen LogP contribution in [0, 0.1) is 18.3 Å². The van der Waals surface area contributed by atoms with Gasteiger partial charge in [0.15, 0.2) is 0 Å². The number of aryl methyl sites for hydroxylation is 1. The van der Waals surface area contributed by atoms with Crippen molar-refractivity contribution in [1.82, 2.24) is 4.98 Å². The maximum absolute atomic E-state index is 12.3. The van der Waals surface area contributed by atoms with Crippen LogP contribution < -0.4 is 5.32 Å². The highest BCUT2D eigenvalue weighted by Crippen LogP contribution is 2.25. The smallest absolute Gasteiger partial charge is 0.337 e. The van der Waals surface area contributed by atoms with Crippen molar-refractivity contribution >= 4 is 29.3 Å². The molecule has 0 saturated heterocycles. The Hall–Kier alpha value is -3.63. The molecule has 6 nitrogen and oxygen atoms in total. The molecule has 2 aromatic carbocycles. The lowest BCUT2D eigenvalue weighted by Gasteiger charge is -2.08. The molecule has 30 heavy (non-hydrogen) atoms. The van der Waals surface area contributed by atoms with Crippen LogP contribution >= 0.6 is 11.8 Å². The van der Waals surface area contributed by atoms with Crippen molar-refractivity contribution in [3.8, 4) is 17.3 Å². The lowest BCUT2D eigenvalue weighted by atomic mass is 10.1. The van der Waals surface area contributed by atoms with Gasteiger partial charge in [0, 0.05) is 11.3 Å². The Morgan fingerprint density at radius 2 is 1.77 bits per heavy atom. The van der Waals surface area contributed by atoms with Gasteiger partial charge in [0.25, 0.3) is 0 Å². The highest BCUT2D eigenvalue weighted by molar-refractivity contribution is 8.00. The minimum Gasteiger partial charge on any atom is -0.465 e. The molecular weight excluding hydrogens is 398 g/mol. The average Bonchev–Trinajstić information content (AvgIpc) is 2.78. The predicted molar refractivity (Wildman–Crippen MR) is 116 cm³/mol. The number of rotatable bonds is 6. The van der Waals surface area contributed by atoms with E-state index in [1.54, 1.807) is 36.4 Å². The Labute approximate surface area is 178 Å². The number of anilines is 1. The maximum atomic E-state index is 12.3. The van der Waals surface area contributed by atoms with Gasteiger partial charge in [-0.15, -0.1) is 0 Å². The molecule has 3 rings (SSSR count). The van der Waals surface area contributed by atoms with Crippen molar-refractivity contribution < 1.29 is 14.3 Å². The van der Waals surface area contributed by atoms with Gasteiger partial charge in [-0.05, 0) is 43.3 Å². The van der Waals surface area contributed by atoms with Crippen LogP contribution in [0.25, 0.3) is 11.3 Å². The molecule has 1 aromatic heterocycles. The van der Waals surface area contributed by atoms with Crippen molar-refractivity contribution in [3.63, 3.8) is 0 Å². The summed E-state index contributed by atoms with van der Waals surface area (Å²) >= 11 is 1.20. The van der Waals surface area contributed by atoms with E-state index in [1.165, 1.54) is 18.9 Å². The summed E-state index contributed by atoms with van der Waals surface area (Å²) in [7, 11) is 1.31. The highest BCUT2D eigenvalue weighted by atomic mass is 32.2. The first-order chi connectivity index (χ1) is 14.5. The molecule has 0 unspecified atom stereocenters. The molecule has 0 saturated carbocycles. The molecule has 3 aromatic rings. The predicted octanol–water partition coefficient (Wildman–Crippen LogP) is 4.45. The number of ether oxygens (including phenoxy) is 1. The van der Waals surface area contributed by atoms with Crippen LogP contribution in [0.15, 0.2) is 65.7 Å². The molecule has 7 heteroatoms. The number of carbonyl (C=O) groups is 2. The number of aromatic nitrogens is 1. The van der Waals surface area contributed by atoms with E-state index in [9.17, 15) is 14.9 Å². The van der Waals surface area contributed by atoms with E-state index in [-0.39, 0.29) is 11.7 Å². The third kappa shape index (κ3) is 5.25. The van der Waals surface area contributed by atoms with Crippen LogP contribution in [0.4, 0.5) is 5.69 Å². The first kappa shape index (κ1) is 21.1. The average molecular weight is 417 g/mol. The molecule has 1 heterocycles. The van der Waals surface area contributed by atoms with Crippen LogP contribution in [-0.4, -0.2) is 29.7 Å². The minimum absolute atomic E-state index is 0.0950. The number of carbonyl (C=O) groups excluding carboxylic acids is 2. The van der Waals surface area contributed by atoms with Crippen molar-refractivity contribution in [2.75, 3.05) is 18.2 Å². The number of thioether (sulfide) groups is 1. The van der Waals surface area contributed by atoms with Gasteiger partial charge >= 0.3 is 5.97 Å². The largest absolute Gasteiger partial charge is 0.465 e. The standard InChI is InChI=1S/C23H19N3O3S/c1-15-3-5-16(6-4-15)20-12-9-18(13-24)22(26-20)30-14-21(27)25-19-10-7-17(8-11-19)23(28)29-2/h3-12H,14H2,1-2H3,(H,25,27). The molecule has 0 bridgehead atoms. The van der Waals surface area contributed by atoms with Crippen molar-refractivity contribution in [1.29, 1.82) is 5.26 Å². The Morgan fingerprint density at radius 3 is 2.40 bits per heavy atom. The molecule has 1 amide bonds. The normalized spacial score (nSPS) is 10.2. The van der Waals surface area contributed by atoms with Gasteiger partial charge in [-0.3, -0.25) is 4.79 Å². The number of nitrogens with zero attached hydrogens (tertiary/aromatic N) is 2. The van der Waals surface area contributed by atoms with Crippen LogP contribution in [0.1, 0.15) is 21.5 Å². The summed E-state index contributed by atoms with van der Waals surface area (Å²) in [4.78, 5) is 28.4. The molecule has 0 radical (unpaired) electrons. The lowest BCUT2D eigenvalue weighted by molar-refractivity contribution is -0.113. The number of amides is 1. The fraction of sp³-hybridized carbons (Fsp3) is 0.130. The van der Waals surface area contributed by atoms with E-state index < -0.39 is 5.97 Å². The number of pyridine rings is 1. The van der Waals surface area contributed by atoms with Gasteiger partial charge in [0.2, 0.25) is 5.91 Å². The van der Waals surface area contributed by atoms with E-state index in [1.807, 2.05) is 31.2 Å². The van der Waals surface area contributed by atoms with Crippen LogP contribution in [-0.2, 0) is 9.53 Å². The molecule has 0 fully saturated rings. The fourth-order valence-electron chi connectivity index (χ4n) is 2.66. The minimum atomic E-state index is -0.438. The van der Waals surface area contributed by atoms with E-state index >= 15 is 0 Å². The highest BCUT2D eigenvalue weighted by Gasteiger charge is 2.11. The van der Waals surface area contributed by atoms with Crippen LogP contribution in [0.3, 0.4) is 0 Å². The van der Waals surface area contributed by atoms with Crippen molar-refractivity contribution in [2.24, 2.45) is 0 Å². The molecule has 0 atom stereocenters. The van der Waals surface area contributed by atoms with Gasteiger partial charge in [-0.1, -0.05) is 41.6 Å². The summed E-state index contributed by atoms with van der Waals surface area (Å²) in [6.07, 6.45) is 0. The number of benzene rings is 2. The Balaban J connectivity index is 1.67. The Morgan fingerprint density at radius 1 is 1.07 bits per heavy atom. The van der Waals surface area contributed by atoms with E-state index in [2.05, 4.69) is 21.1 Å². The summed E-state index contributed by atoms with van der Waals surface area (Å²) in [6.45, 7) is 2.01. The van der Waals surface area contributed by atoms with Crippen molar-refractivity contribution in [3.05, 3.63) is 77.4 Å². The van der Waals surface area contributed by atoms with Crippen LogP contribution in [0.2, 0.25) is 0 Å². The SMILES string of the molecule is COC(=O)c1ccc(NC(=O)CSc2nc(-c3ccc(C)cc3)ccc2C#N)cc1. The Bertz CT molecular complexity index is 1100. The molecule has 150 valence electrons. The molecular formula is C23H19N3O3S. The number of hydrogen-bond acceptors (Lipinski definition) is 6. The summed E-state index contributed by atoms with van der Waals surface area (Å²) in [6, 6.07) is 20.0. The summed E-state index contributed by atoms with van der Waals surface area (Å²) in [5.41, 5.74) is 4.23. The topological polar surface area (TPSA) is 92.1 Å². The summed E-state index contributed by atoms with van der Waals surface area (Å²) in [5, 5.41) is 12.6. The zero-order chi connectivity index (χ0) is 21.5. The zero-order valence-electron chi connectivity index (χ0n) is 16.5. The van der Waals surface area contributed by atoms with Gasteiger partial charge in [0.1, 0.15) is 11.1 Å². The molecule has 0 spiro atoms. The quantitative estimate of drug-likeness (QED) is 0.471. The van der Waals surface area contributed by atoms with E-state index in [4.69, 9.17) is 0 Å². The molecule has 1 N–H and O–H groups in total. The summed E-state index contributed by atoms with van der Waals surface area (Å²) in [5.74, 6) is -0.582. The molecule has 0 aliphatic rings. The van der Waals surface area contributed by atoms with Crippen LogP contribution in [0.5, 0.6) is 0 Å². The van der Waals surface area contributed by atoms with Gasteiger partial charge in [-0.25, -0.2) is 9.78 Å². The first-order valence-electron chi connectivity index (χ1n) is 9.09. The number of methoxy groups -OCH3 is 1. The third-order valence-electron chi connectivity index (χ3n) is 4.26. The number of hydrogen-bond donors (Lipinski definition) is 1. The second-order valence-electron chi connectivity index (χ2n) is 6.43. The van der Waals surface area contributed by atoms with Gasteiger partial charge in [-0.2, -0.15) is 5.26 Å². The molecule has 0 aliphatic heterocycles. The second kappa shape index (κ2) is 9.72. The monoisotopic (exact) mass is 417 g/mol. The zero-order valence-corrected chi connectivity index (χ0v) is 17.3. The van der Waals surface area contributed by atoms with Crippen molar-refractivity contribution in [2.45, 2.75) is 11.9 Å². The summed E-state index contributed by atoms with van der Waals surface area (Å²) < 4.78 is 4.65. The third-order valence-corrected chi connectivity index (χ3v) is 5.25. The lowest BCUT2D eigenvalue weighted by Crippen LogP contribution is -2.14. The Kier molecular flexibility index (Phi) is 6.83. The maximum Gasteiger partial charge on any atom is 0.337 e. The number of esters is 1. The second-order valence-corrected chi connectivity index (χ2v) is 7.40. The van der Waals surface area contributed by atoms with Gasteiger partial charge < -0.3 is 10.1 Å². The first-order valence-corrected chi connectivity index (χ1v) is 10.1. The number of nitrogens with one attached hydrogen (secondary N) is 1. The van der Waals surface area contributed by atoms with E-state index in [0.717, 1.165) is 16.8 Å². The van der Waals surface area contributed by atoms with E-state index in [0.29, 0.717) is 21.8 Å². The van der Waals surface area contributed by atoms with Gasteiger partial charge in [0.05, 0.1) is 29.7 Å². The molecule has 0 aliphatic carbocycles. The fourth-order valence-corrected chi connectivity index (χ4v) is 3.43. The number of nitriles is 1.